The molecule has 4 heteroatoms. The quantitative estimate of drug-likeness (QED) is 0.693. The van der Waals surface area contributed by atoms with Crippen LogP contribution >= 0.6 is 0 Å². The average Bonchev–Trinajstić information content (AvgIpc) is 2.29. The number of nitriles is 2. The summed E-state index contributed by atoms with van der Waals surface area (Å²) in [5, 5.41) is 17.2. The maximum atomic E-state index is 8.60. The summed E-state index contributed by atoms with van der Waals surface area (Å²) in [6.07, 6.45) is 0. The van der Waals surface area contributed by atoms with Crippen LogP contribution in [0.1, 0.15) is 0 Å². The van der Waals surface area contributed by atoms with Crippen LogP contribution in [0.3, 0.4) is 0 Å². The molecule has 0 unspecified atom stereocenters. The first kappa shape index (κ1) is 10.9. The molecular formula is C11H11N3O. The minimum Gasteiger partial charge on any atom is -0.497 e. The van der Waals surface area contributed by atoms with Gasteiger partial charge in [-0.3, -0.25) is 0 Å². The van der Waals surface area contributed by atoms with Gasteiger partial charge in [0.25, 0.3) is 0 Å². The van der Waals surface area contributed by atoms with E-state index in [1.54, 1.807) is 24.1 Å². The lowest BCUT2D eigenvalue weighted by atomic mass is 10.2. The molecule has 1 aromatic rings. The fraction of sp³-hybridized carbons (Fsp3) is 0.273. The van der Waals surface area contributed by atoms with Crippen LogP contribution in [0.5, 0.6) is 5.75 Å². The zero-order chi connectivity index (χ0) is 11.1. The molecule has 0 aliphatic rings. The number of rotatable bonds is 4. The van der Waals surface area contributed by atoms with Crippen molar-refractivity contribution in [2.45, 2.75) is 0 Å². The molecule has 1 aromatic carbocycles. The number of ether oxygens (including phenoxy) is 1. The van der Waals surface area contributed by atoms with E-state index in [1.165, 1.54) is 0 Å². The number of hydrogen-bond donors (Lipinski definition) is 0. The fourth-order valence-corrected chi connectivity index (χ4v) is 1.20. The zero-order valence-corrected chi connectivity index (χ0v) is 8.47. The third-order valence-electron chi connectivity index (χ3n) is 1.96. The van der Waals surface area contributed by atoms with Gasteiger partial charge in [0.05, 0.1) is 19.2 Å². The second kappa shape index (κ2) is 5.51. The highest BCUT2D eigenvalue weighted by Crippen LogP contribution is 2.18. The molecule has 0 bridgehead atoms. The molecule has 0 heterocycles. The third kappa shape index (κ3) is 2.89. The van der Waals surface area contributed by atoms with Gasteiger partial charge < -0.3 is 9.64 Å². The molecule has 0 amide bonds. The SMILES string of the molecule is COc1ccc(N(CC#N)CC#N)cc1. The van der Waals surface area contributed by atoms with Crippen LogP contribution in [0.4, 0.5) is 5.69 Å². The fourth-order valence-electron chi connectivity index (χ4n) is 1.20. The molecule has 0 atom stereocenters. The maximum Gasteiger partial charge on any atom is 0.119 e. The molecule has 0 radical (unpaired) electrons. The summed E-state index contributed by atoms with van der Waals surface area (Å²) in [6.45, 7) is 0.416. The smallest absolute Gasteiger partial charge is 0.119 e. The molecular weight excluding hydrogens is 190 g/mol. The van der Waals surface area contributed by atoms with Gasteiger partial charge in [-0.05, 0) is 24.3 Å². The van der Waals surface area contributed by atoms with Gasteiger partial charge in [-0.15, -0.1) is 0 Å². The Hall–Kier alpha value is -2.20. The van der Waals surface area contributed by atoms with Crippen molar-refractivity contribution < 1.29 is 4.74 Å². The van der Waals surface area contributed by atoms with Crippen molar-refractivity contribution >= 4 is 5.69 Å². The lowest BCUT2D eigenvalue weighted by Gasteiger charge is -2.17. The van der Waals surface area contributed by atoms with Crippen molar-refractivity contribution in [3.63, 3.8) is 0 Å². The van der Waals surface area contributed by atoms with Gasteiger partial charge >= 0.3 is 0 Å². The molecule has 0 saturated carbocycles. The molecule has 0 fully saturated rings. The summed E-state index contributed by atoms with van der Waals surface area (Å²) in [4.78, 5) is 1.69. The van der Waals surface area contributed by atoms with Crippen molar-refractivity contribution in [3.05, 3.63) is 24.3 Å². The van der Waals surface area contributed by atoms with Gasteiger partial charge in [0.15, 0.2) is 0 Å². The van der Waals surface area contributed by atoms with E-state index in [2.05, 4.69) is 0 Å². The van der Waals surface area contributed by atoms with E-state index in [0.29, 0.717) is 0 Å². The molecule has 0 aliphatic carbocycles. The minimum absolute atomic E-state index is 0.208. The Morgan fingerprint density at radius 3 is 2.07 bits per heavy atom. The van der Waals surface area contributed by atoms with Crippen molar-refractivity contribution in [1.82, 2.24) is 0 Å². The Morgan fingerprint density at radius 2 is 1.67 bits per heavy atom. The van der Waals surface area contributed by atoms with E-state index < -0.39 is 0 Å². The Kier molecular flexibility index (Phi) is 4.00. The first-order valence-corrected chi connectivity index (χ1v) is 4.44. The third-order valence-corrected chi connectivity index (χ3v) is 1.96. The van der Waals surface area contributed by atoms with Gasteiger partial charge in [0.1, 0.15) is 18.8 Å². The second-order valence-corrected chi connectivity index (χ2v) is 2.87. The number of methoxy groups -OCH3 is 1. The standard InChI is InChI=1S/C11H11N3O/c1-15-11-4-2-10(3-5-11)14(8-6-12)9-7-13/h2-5H,8-9H2,1H3. The van der Waals surface area contributed by atoms with E-state index >= 15 is 0 Å². The molecule has 15 heavy (non-hydrogen) atoms. The van der Waals surface area contributed by atoms with Crippen LogP contribution in [-0.2, 0) is 0 Å². The number of nitrogens with zero attached hydrogens (tertiary/aromatic N) is 3. The molecule has 1 rings (SSSR count). The van der Waals surface area contributed by atoms with Crippen molar-refractivity contribution in [2.24, 2.45) is 0 Å². The Balaban J connectivity index is 2.83. The summed E-state index contributed by atoms with van der Waals surface area (Å²) >= 11 is 0. The van der Waals surface area contributed by atoms with Crippen LogP contribution in [0.25, 0.3) is 0 Å². The van der Waals surface area contributed by atoms with Crippen molar-refractivity contribution in [2.75, 3.05) is 25.1 Å². The molecule has 0 spiro atoms. The number of benzene rings is 1. The van der Waals surface area contributed by atoms with Crippen LogP contribution in [0.2, 0.25) is 0 Å². The highest BCUT2D eigenvalue weighted by Gasteiger charge is 2.04. The first-order valence-electron chi connectivity index (χ1n) is 4.44. The molecule has 76 valence electrons. The van der Waals surface area contributed by atoms with Gasteiger partial charge in [0.2, 0.25) is 0 Å². The van der Waals surface area contributed by atoms with E-state index in [9.17, 15) is 0 Å². The second-order valence-electron chi connectivity index (χ2n) is 2.87. The Morgan fingerprint density at radius 1 is 1.13 bits per heavy atom. The normalized spacial score (nSPS) is 8.73. The van der Waals surface area contributed by atoms with Crippen molar-refractivity contribution in [1.29, 1.82) is 10.5 Å². The van der Waals surface area contributed by atoms with Crippen molar-refractivity contribution in [3.8, 4) is 17.9 Å². The lowest BCUT2D eigenvalue weighted by molar-refractivity contribution is 0.415. The molecule has 0 aliphatic heterocycles. The van der Waals surface area contributed by atoms with Gasteiger partial charge in [-0.2, -0.15) is 10.5 Å². The van der Waals surface area contributed by atoms with Gasteiger partial charge in [0, 0.05) is 5.69 Å². The predicted molar refractivity (Wildman–Crippen MR) is 56.4 cm³/mol. The predicted octanol–water partition coefficient (Wildman–Crippen LogP) is 1.55. The van der Waals surface area contributed by atoms with E-state index in [4.69, 9.17) is 15.3 Å². The largest absolute Gasteiger partial charge is 0.497 e. The highest BCUT2D eigenvalue weighted by molar-refractivity contribution is 5.50. The lowest BCUT2D eigenvalue weighted by Crippen LogP contribution is -2.23. The minimum atomic E-state index is 0.208. The van der Waals surface area contributed by atoms with E-state index in [1.807, 2.05) is 24.3 Å². The Bertz CT molecular complexity index is 370. The molecule has 0 saturated heterocycles. The average molecular weight is 201 g/mol. The monoisotopic (exact) mass is 201 g/mol. The van der Waals surface area contributed by atoms with Crippen LogP contribution in [0, 0.1) is 22.7 Å². The van der Waals surface area contributed by atoms with Crippen LogP contribution < -0.4 is 9.64 Å². The highest BCUT2D eigenvalue weighted by atomic mass is 16.5. The molecule has 4 nitrogen and oxygen atoms in total. The van der Waals surface area contributed by atoms with Crippen LogP contribution in [-0.4, -0.2) is 20.2 Å². The Labute approximate surface area is 88.9 Å². The summed E-state index contributed by atoms with van der Waals surface area (Å²) in [5.74, 6) is 0.757. The maximum absolute atomic E-state index is 8.60. The summed E-state index contributed by atoms with van der Waals surface area (Å²) < 4.78 is 5.02. The summed E-state index contributed by atoms with van der Waals surface area (Å²) in [6, 6.07) is 11.3. The van der Waals surface area contributed by atoms with E-state index in [-0.39, 0.29) is 13.1 Å². The summed E-state index contributed by atoms with van der Waals surface area (Å²) in [5.41, 5.74) is 0.846. The zero-order valence-electron chi connectivity index (χ0n) is 8.47. The first-order chi connectivity index (χ1) is 7.31. The molecule has 0 aromatic heterocycles. The number of hydrogen-bond acceptors (Lipinski definition) is 4. The summed E-state index contributed by atoms with van der Waals surface area (Å²) in [7, 11) is 1.59. The van der Waals surface area contributed by atoms with E-state index in [0.717, 1.165) is 11.4 Å². The van der Waals surface area contributed by atoms with Gasteiger partial charge in [-0.25, -0.2) is 0 Å². The van der Waals surface area contributed by atoms with Gasteiger partial charge in [-0.1, -0.05) is 0 Å². The topological polar surface area (TPSA) is 60.0 Å². The molecule has 0 N–H and O–H groups in total. The van der Waals surface area contributed by atoms with Crippen LogP contribution in [0.15, 0.2) is 24.3 Å². The number of anilines is 1.